The smallest absolute Gasteiger partial charge is 0.387 e. The topological polar surface area (TPSA) is 66.9 Å². The lowest BCUT2D eigenvalue weighted by Gasteiger charge is -2.34. The fourth-order valence-corrected chi connectivity index (χ4v) is 4.38. The first-order valence-corrected chi connectivity index (χ1v) is 9.92. The SMILES string of the molecule is O=C(c1ccc(OC(F)F)cc1)N1CCN(S(=O)(=O)c2ccc(F)cc2F)CC1. The molecule has 6 nitrogen and oxygen atoms in total. The van der Waals surface area contributed by atoms with Crippen LogP contribution < -0.4 is 4.74 Å². The van der Waals surface area contributed by atoms with Crippen molar-refractivity contribution in [3.63, 3.8) is 0 Å². The van der Waals surface area contributed by atoms with E-state index in [2.05, 4.69) is 4.74 Å². The van der Waals surface area contributed by atoms with Crippen LogP contribution in [0.15, 0.2) is 47.4 Å². The van der Waals surface area contributed by atoms with Gasteiger partial charge in [-0.05, 0) is 36.4 Å². The van der Waals surface area contributed by atoms with Gasteiger partial charge in [-0.25, -0.2) is 17.2 Å². The van der Waals surface area contributed by atoms with E-state index in [4.69, 9.17) is 0 Å². The zero-order valence-corrected chi connectivity index (χ0v) is 15.7. The number of benzene rings is 2. The molecular weight excluding hydrogens is 416 g/mol. The molecule has 1 saturated heterocycles. The van der Waals surface area contributed by atoms with Crippen molar-refractivity contribution in [1.29, 1.82) is 0 Å². The highest BCUT2D eigenvalue weighted by atomic mass is 32.2. The number of rotatable bonds is 5. The van der Waals surface area contributed by atoms with Crippen LogP contribution in [0.5, 0.6) is 5.75 Å². The number of alkyl halides is 2. The second kappa shape index (κ2) is 8.37. The summed E-state index contributed by atoms with van der Waals surface area (Å²) in [5.41, 5.74) is 0.229. The summed E-state index contributed by atoms with van der Waals surface area (Å²) in [6, 6.07) is 7.34. The number of halogens is 4. The fraction of sp³-hybridized carbons (Fsp3) is 0.278. The largest absolute Gasteiger partial charge is 0.435 e. The van der Waals surface area contributed by atoms with E-state index in [1.54, 1.807) is 0 Å². The Hall–Kier alpha value is -2.66. The van der Waals surface area contributed by atoms with Gasteiger partial charge in [-0.3, -0.25) is 4.79 Å². The number of carbonyl (C=O) groups excluding carboxylic acids is 1. The van der Waals surface area contributed by atoms with E-state index in [1.165, 1.54) is 29.2 Å². The van der Waals surface area contributed by atoms with Crippen LogP contribution in [0.25, 0.3) is 0 Å². The third kappa shape index (κ3) is 4.67. The highest BCUT2D eigenvalue weighted by Crippen LogP contribution is 2.22. The molecule has 0 saturated carbocycles. The second-order valence-corrected chi connectivity index (χ2v) is 8.08. The van der Waals surface area contributed by atoms with E-state index in [0.29, 0.717) is 6.07 Å². The first-order valence-electron chi connectivity index (χ1n) is 8.48. The van der Waals surface area contributed by atoms with Gasteiger partial charge >= 0.3 is 6.61 Å². The first-order chi connectivity index (χ1) is 13.7. The maximum atomic E-state index is 13.9. The van der Waals surface area contributed by atoms with E-state index < -0.39 is 39.1 Å². The Bertz CT molecular complexity index is 991. The molecule has 0 aliphatic carbocycles. The van der Waals surface area contributed by atoms with Crippen molar-refractivity contribution in [2.75, 3.05) is 26.2 Å². The average Bonchev–Trinajstić information content (AvgIpc) is 2.67. The highest BCUT2D eigenvalue weighted by Gasteiger charge is 2.32. The number of piperazine rings is 1. The Morgan fingerprint density at radius 2 is 1.59 bits per heavy atom. The van der Waals surface area contributed by atoms with Gasteiger partial charge in [-0.1, -0.05) is 0 Å². The van der Waals surface area contributed by atoms with Gasteiger partial charge in [0.2, 0.25) is 10.0 Å². The molecule has 0 aromatic heterocycles. The van der Waals surface area contributed by atoms with Crippen LogP contribution in [0.1, 0.15) is 10.4 Å². The van der Waals surface area contributed by atoms with Crippen molar-refractivity contribution in [1.82, 2.24) is 9.21 Å². The lowest BCUT2D eigenvalue weighted by Crippen LogP contribution is -2.50. The van der Waals surface area contributed by atoms with E-state index in [0.717, 1.165) is 16.4 Å². The molecule has 0 radical (unpaired) electrons. The molecule has 0 spiro atoms. The molecule has 1 aliphatic heterocycles. The Kier molecular flexibility index (Phi) is 6.08. The molecule has 0 atom stereocenters. The van der Waals surface area contributed by atoms with Gasteiger partial charge in [-0.15, -0.1) is 0 Å². The summed E-state index contributed by atoms with van der Waals surface area (Å²) >= 11 is 0. The van der Waals surface area contributed by atoms with Gasteiger partial charge in [0.1, 0.15) is 22.3 Å². The van der Waals surface area contributed by atoms with E-state index in [1.807, 2.05) is 0 Å². The Balaban J connectivity index is 1.66. The van der Waals surface area contributed by atoms with Crippen LogP contribution >= 0.6 is 0 Å². The molecule has 29 heavy (non-hydrogen) atoms. The predicted molar refractivity (Wildman–Crippen MR) is 94.1 cm³/mol. The van der Waals surface area contributed by atoms with E-state index >= 15 is 0 Å². The Labute approximate surface area is 164 Å². The van der Waals surface area contributed by atoms with Crippen LogP contribution in [0.3, 0.4) is 0 Å². The summed E-state index contributed by atoms with van der Waals surface area (Å²) < 4.78 is 81.6. The molecule has 11 heteroatoms. The molecule has 156 valence electrons. The Morgan fingerprint density at radius 1 is 0.966 bits per heavy atom. The van der Waals surface area contributed by atoms with E-state index in [-0.39, 0.29) is 37.5 Å². The van der Waals surface area contributed by atoms with Crippen molar-refractivity contribution in [3.8, 4) is 5.75 Å². The van der Waals surface area contributed by atoms with Crippen molar-refractivity contribution < 1.29 is 35.5 Å². The molecule has 0 bridgehead atoms. The van der Waals surface area contributed by atoms with Gasteiger partial charge in [0.25, 0.3) is 5.91 Å². The fourth-order valence-electron chi connectivity index (χ4n) is 2.92. The summed E-state index contributed by atoms with van der Waals surface area (Å²) in [4.78, 5) is 13.3. The summed E-state index contributed by atoms with van der Waals surface area (Å²) in [6.45, 7) is -3.01. The lowest BCUT2D eigenvalue weighted by atomic mass is 10.2. The monoisotopic (exact) mass is 432 g/mol. The van der Waals surface area contributed by atoms with Gasteiger partial charge < -0.3 is 9.64 Å². The molecule has 1 amide bonds. The van der Waals surface area contributed by atoms with Crippen molar-refractivity contribution >= 4 is 15.9 Å². The molecule has 1 fully saturated rings. The molecule has 1 heterocycles. The van der Waals surface area contributed by atoms with Crippen molar-refractivity contribution in [2.45, 2.75) is 11.5 Å². The van der Waals surface area contributed by atoms with E-state index in [9.17, 15) is 30.8 Å². The molecular formula is C18H16F4N2O4S. The minimum Gasteiger partial charge on any atom is -0.435 e. The maximum Gasteiger partial charge on any atom is 0.387 e. The number of carbonyl (C=O) groups is 1. The number of amides is 1. The van der Waals surface area contributed by atoms with Gasteiger partial charge in [0, 0.05) is 37.8 Å². The lowest BCUT2D eigenvalue weighted by molar-refractivity contribution is -0.0498. The van der Waals surface area contributed by atoms with Crippen molar-refractivity contribution in [2.24, 2.45) is 0 Å². The number of sulfonamides is 1. The standard InChI is InChI=1S/C18H16F4N2O4S/c19-13-3-6-16(15(20)11-13)29(26,27)24-9-7-23(8-10-24)17(25)12-1-4-14(5-2-12)28-18(21)22/h1-6,11,18H,7-10H2. The third-order valence-electron chi connectivity index (χ3n) is 4.36. The van der Waals surface area contributed by atoms with Crippen LogP contribution in [-0.2, 0) is 10.0 Å². The summed E-state index contributed by atoms with van der Waals surface area (Å²) in [5.74, 6) is -2.57. The molecule has 0 N–H and O–H groups in total. The van der Waals surface area contributed by atoms with Gasteiger partial charge in [-0.2, -0.15) is 13.1 Å². The zero-order chi connectivity index (χ0) is 21.2. The quantitative estimate of drug-likeness (QED) is 0.682. The van der Waals surface area contributed by atoms with Crippen LogP contribution in [0.2, 0.25) is 0 Å². The van der Waals surface area contributed by atoms with Crippen molar-refractivity contribution in [3.05, 3.63) is 59.7 Å². The number of nitrogens with zero attached hydrogens (tertiary/aromatic N) is 2. The second-order valence-electron chi connectivity index (χ2n) is 6.17. The molecule has 2 aromatic rings. The minimum absolute atomic E-state index is 0.0517. The number of ether oxygens (including phenoxy) is 1. The molecule has 3 rings (SSSR count). The van der Waals surface area contributed by atoms with Crippen LogP contribution in [-0.4, -0.2) is 56.3 Å². The average molecular weight is 432 g/mol. The van der Waals surface area contributed by atoms with Crippen LogP contribution in [0, 0.1) is 11.6 Å². The first kappa shape index (κ1) is 21.1. The van der Waals surface area contributed by atoms with Crippen LogP contribution in [0.4, 0.5) is 17.6 Å². The number of hydrogen-bond donors (Lipinski definition) is 0. The van der Waals surface area contributed by atoms with Gasteiger partial charge in [0.05, 0.1) is 0 Å². The predicted octanol–water partition coefficient (Wildman–Crippen LogP) is 2.71. The highest BCUT2D eigenvalue weighted by molar-refractivity contribution is 7.89. The van der Waals surface area contributed by atoms with Gasteiger partial charge in [0.15, 0.2) is 0 Å². The normalized spacial score (nSPS) is 15.6. The minimum atomic E-state index is -4.17. The number of hydrogen-bond acceptors (Lipinski definition) is 4. The maximum absolute atomic E-state index is 13.9. The molecule has 1 aliphatic rings. The molecule has 0 unspecified atom stereocenters. The third-order valence-corrected chi connectivity index (χ3v) is 6.30. The summed E-state index contributed by atoms with van der Waals surface area (Å²) in [5, 5.41) is 0. The zero-order valence-electron chi connectivity index (χ0n) is 14.9. The summed E-state index contributed by atoms with van der Waals surface area (Å²) in [6.07, 6.45) is 0. The summed E-state index contributed by atoms with van der Waals surface area (Å²) in [7, 11) is -4.17. The Morgan fingerprint density at radius 3 is 2.14 bits per heavy atom. The molecule has 2 aromatic carbocycles.